The Morgan fingerprint density at radius 2 is 1.75 bits per heavy atom. The van der Waals surface area contributed by atoms with Crippen molar-refractivity contribution in [2.24, 2.45) is 0 Å². The second-order valence-electron chi connectivity index (χ2n) is 7.55. The molecule has 2 heterocycles. The molecule has 1 aromatic heterocycles. The highest BCUT2D eigenvalue weighted by atomic mass is 32.2. The van der Waals surface area contributed by atoms with Crippen LogP contribution < -0.4 is 10.2 Å². The summed E-state index contributed by atoms with van der Waals surface area (Å²) in [6.07, 6.45) is 0.0398. The van der Waals surface area contributed by atoms with Crippen LogP contribution in [0.2, 0.25) is 0 Å². The molecule has 32 heavy (non-hydrogen) atoms. The number of carboxylic acids is 1. The highest BCUT2D eigenvalue weighted by molar-refractivity contribution is 7.97. The van der Waals surface area contributed by atoms with Crippen molar-refractivity contribution < 1.29 is 14.3 Å². The van der Waals surface area contributed by atoms with Crippen LogP contribution in [0.3, 0.4) is 0 Å². The SMILES string of the molecule is Cc1cc(Nc2ccc(F)cc2)nc(N2CCN(Sc3ccc(CC(=O)O)cc3)CC2)n1. The Morgan fingerprint density at radius 1 is 1.06 bits per heavy atom. The van der Waals surface area contributed by atoms with Gasteiger partial charge in [-0.05, 0) is 60.8 Å². The van der Waals surface area contributed by atoms with Crippen LogP contribution in [0.4, 0.5) is 21.8 Å². The van der Waals surface area contributed by atoms with Crippen molar-refractivity contribution >= 4 is 35.4 Å². The Morgan fingerprint density at radius 3 is 2.41 bits per heavy atom. The molecule has 2 aromatic carbocycles. The molecule has 0 saturated carbocycles. The molecule has 0 amide bonds. The standard InChI is InChI=1S/C23H24FN5O2S/c1-16-14-21(26-19-6-4-18(24)5-7-19)27-23(25-16)28-10-12-29(13-11-28)32-20-8-2-17(3-9-20)15-22(30)31/h2-9,14H,10-13,15H2,1H3,(H,30,31)(H,25,26,27). The van der Waals surface area contributed by atoms with E-state index in [1.54, 1.807) is 24.1 Å². The van der Waals surface area contributed by atoms with E-state index >= 15 is 0 Å². The Hall–Kier alpha value is -3.17. The largest absolute Gasteiger partial charge is 0.481 e. The van der Waals surface area contributed by atoms with Crippen molar-refractivity contribution in [3.63, 3.8) is 0 Å². The summed E-state index contributed by atoms with van der Waals surface area (Å²) in [6, 6.07) is 15.7. The van der Waals surface area contributed by atoms with E-state index in [0.717, 1.165) is 48.0 Å². The monoisotopic (exact) mass is 453 g/mol. The fourth-order valence-corrected chi connectivity index (χ4v) is 4.31. The van der Waals surface area contributed by atoms with Crippen LogP contribution in [-0.4, -0.2) is 51.5 Å². The average Bonchev–Trinajstić information content (AvgIpc) is 2.76. The Bertz CT molecular complexity index is 1070. The Kier molecular flexibility index (Phi) is 6.87. The molecule has 3 aromatic rings. The third-order valence-electron chi connectivity index (χ3n) is 4.99. The minimum atomic E-state index is -0.823. The number of nitrogens with zero attached hydrogens (tertiary/aromatic N) is 4. The molecule has 166 valence electrons. The predicted molar refractivity (Wildman–Crippen MR) is 124 cm³/mol. The third-order valence-corrected chi connectivity index (χ3v) is 6.10. The van der Waals surface area contributed by atoms with Gasteiger partial charge in [0.15, 0.2) is 0 Å². The summed E-state index contributed by atoms with van der Waals surface area (Å²) in [5.41, 5.74) is 2.43. The van der Waals surface area contributed by atoms with Gasteiger partial charge in [0.1, 0.15) is 11.6 Å². The maximum atomic E-state index is 13.1. The minimum Gasteiger partial charge on any atom is -0.481 e. The van der Waals surface area contributed by atoms with Crippen LogP contribution in [0.5, 0.6) is 0 Å². The van der Waals surface area contributed by atoms with Crippen LogP contribution in [0.15, 0.2) is 59.5 Å². The van der Waals surface area contributed by atoms with Gasteiger partial charge in [-0.25, -0.2) is 13.7 Å². The average molecular weight is 454 g/mol. The normalized spacial score (nSPS) is 14.4. The van der Waals surface area contributed by atoms with Crippen molar-refractivity contribution in [1.29, 1.82) is 0 Å². The minimum absolute atomic E-state index is 0.0398. The summed E-state index contributed by atoms with van der Waals surface area (Å²) in [5, 5.41) is 12.1. The molecule has 9 heteroatoms. The van der Waals surface area contributed by atoms with Gasteiger partial charge in [-0.15, -0.1) is 0 Å². The molecule has 0 unspecified atom stereocenters. The fraction of sp³-hybridized carbons (Fsp3) is 0.261. The number of halogens is 1. The zero-order valence-corrected chi connectivity index (χ0v) is 18.5. The molecule has 1 saturated heterocycles. The lowest BCUT2D eigenvalue weighted by Gasteiger charge is -2.34. The second-order valence-corrected chi connectivity index (χ2v) is 8.72. The number of benzene rings is 2. The molecule has 0 bridgehead atoms. The lowest BCUT2D eigenvalue weighted by molar-refractivity contribution is -0.136. The van der Waals surface area contributed by atoms with E-state index in [4.69, 9.17) is 5.11 Å². The molecule has 2 N–H and O–H groups in total. The quantitative estimate of drug-likeness (QED) is 0.517. The smallest absolute Gasteiger partial charge is 0.307 e. The van der Waals surface area contributed by atoms with E-state index in [0.29, 0.717) is 11.8 Å². The zero-order chi connectivity index (χ0) is 22.5. The topological polar surface area (TPSA) is 81.6 Å². The van der Waals surface area contributed by atoms with E-state index in [1.807, 2.05) is 37.3 Å². The van der Waals surface area contributed by atoms with Crippen LogP contribution >= 0.6 is 11.9 Å². The molecular weight excluding hydrogens is 429 g/mol. The van der Waals surface area contributed by atoms with Gasteiger partial charge < -0.3 is 15.3 Å². The van der Waals surface area contributed by atoms with E-state index in [-0.39, 0.29) is 12.2 Å². The van der Waals surface area contributed by atoms with Gasteiger partial charge in [0.2, 0.25) is 5.95 Å². The van der Waals surface area contributed by atoms with Crippen LogP contribution in [0.1, 0.15) is 11.3 Å². The number of hydrogen-bond acceptors (Lipinski definition) is 7. The van der Waals surface area contributed by atoms with Crippen LogP contribution in [-0.2, 0) is 11.2 Å². The Balaban J connectivity index is 1.35. The lowest BCUT2D eigenvalue weighted by Crippen LogP contribution is -2.44. The molecule has 0 aliphatic carbocycles. The summed E-state index contributed by atoms with van der Waals surface area (Å²) in [6.45, 7) is 5.22. The van der Waals surface area contributed by atoms with E-state index in [9.17, 15) is 9.18 Å². The van der Waals surface area contributed by atoms with Gasteiger partial charge in [-0.2, -0.15) is 4.98 Å². The summed E-state index contributed by atoms with van der Waals surface area (Å²) in [7, 11) is 0. The second kappa shape index (κ2) is 9.97. The Labute approximate surface area is 190 Å². The zero-order valence-electron chi connectivity index (χ0n) is 17.7. The van der Waals surface area contributed by atoms with E-state index in [2.05, 4.69) is 24.5 Å². The van der Waals surface area contributed by atoms with Gasteiger partial charge in [0.05, 0.1) is 6.42 Å². The number of nitrogens with one attached hydrogen (secondary N) is 1. The molecular formula is C23H24FN5O2S. The first-order chi connectivity index (χ1) is 15.4. The first-order valence-electron chi connectivity index (χ1n) is 10.3. The van der Waals surface area contributed by atoms with Gasteiger partial charge in [0.25, 0.3) is 0 Å². The van der Waals surface area contributed by atoms with Gasteiger partial charge in [0, 0.05) is 48.5 Å². The summed E-state index contributed by atoms with van der Waals surface area (Å²) in [5.74, 6) is 0.257. The molecule has 1 aliphatic rings. The predicted octanol–water partition coefficient (Wildman–Crippen LogP) is 4.12. The van der Waals surface area contributed by atoms with Crippen molar-refractivity contribution in [1.82, 2.24) is 14.3 Å². The van der Waals surface area contributed by atoms with Crippen LogP contribution in [0, 0.1) is 12.7 Å². The maximum Gasteiger partial charge on any atom is 0.307 e. The summed E-state index contributed by atoms with van der Waals surface area (Å²) >= 11 is 1.67. The third kappa shape index (κ3) is 5.95. The van der Waals surface area contributed by atoms with E-state index < -0.39 is 5.97 Å². The number of aliphatic carboxylic acids is 1. The van der Waals surface area contributed by atoms with Gasteiger partial charge in [-0.1, -0.05) is 12.1 Å². The molecule has 0 atom stereocenters. The molecule has 0 radical (unpaired) electrons. The number of aromatic nitrogens is 2. The number of piperazine rings is 1. The molecule has 4 rings (SSSR count). The first kappa shape index (κ1) is 22.0. The first-order valence-corrected chi connectivity index (χ1v) is 11.1. The highest BCUT2D eigenvalue weighted by Crippen LogP contribution is 2.26. The lowest BCUT2D eigenvalue weighted by atomic mass is 10.2. The summed E-state index contributed by atoms with van der Waals surface area (Å²) < 4.78 is 15.4. The highest BCUT2D eigenvalue weighted by Gasteiger charge is 2.20. The number of carbonyl (C=O) groups is 1. The van der Waals surface area contributed by atoms with Gasteiger partial charge >= 0.3 is 5.97 Å². The number of carboxylic acid groups (broad SMARTS) is 1. The van der Waals surface area contributed by atoms with E-state index in [1.165, 1.54) is 12.1 Å². The van der Waals surface area contributed by atoms with Crippen molar-refractivity contribution in [2.75, 3.05) is 36.4 Å². The fourth-order valence-electron chi connectivity index (χ4n) is 3.41. The number of rotatable bonds is 7. The van der Waals surface area contributed by atoms with Crippen molar-refractivity contribution in [3.8, 4) is 0 Å². The van der Waals surface area contributed by atoms with Gasteiger partial charge in [-0.3, -0.25) is 4.79 Å². The number of aryl methyl sites for hydroxylation is 1. The molecule has 1 aliphatic heterocycles. The van der Waals surface area contributed by atoms with Crippen LogP contribution in [0.25, 0.3) is 0 Å². The maximum absolute atomic E-state index is 13.1. The molecule has 0 spiro atoms. The number of hydrogen-bond donors (Lipinski definition) is 2. The molecule has 1 fully saturated rings. The summed E-state index contributed by atoms with van der Waals surface area (Å²) in [4.78, 5) is 23.3. The van der Waals surface area contributed by atoms with Crippen molar-refractivity contribution in [3.05, 3.63) is 71.7 Å². The number of anilines is 3. The molecule has 7 nitrogen and oxygen atoms in total. The van der Waals surface area contributed by atoms with Crippen molar-refractivity contribution in [2.45, 2.75) is 18.2 Å².